The summed E-state index contributed by atoms with van der Waals surface area (Å²) in [6, 6.07) is 5.82. The summed E-state index contributed by atoms with van der Waals surface area (Å²) in [5.74, 6) is 0.599. The molecule has 0 bridgehead atoms. The highest BCUT2D eigenvalue weighted by molar-refractivity contribution is 5.96. The Balaban J connectivity index is 1.55. The van der Waals surface area contributed by atoms with Crippen molar-refractivity contribution in [3.63, 3.8) is 0 Å². The van der Waals surface area contributed by atoms with E-state index in [0.29, 0.717) is 5.69 Å². The van der Waals surface area contributed by atoms with Gasteiger partial charge in [0.2, 0.25) is 5.91 Å². The van der Waals surface area contributed by atoms with E-state index in [1.54, 1.807) is 31.0 Å². The number of rotatable bonds is 4. The zero-order valence-corrected chi connectivity index (χ0v) is 16.5. The van der Waals surface area contributed by atoms with Gasteiger partial charge in [0.05, 0.1) is 29.1 Å². The first-order valence-electron chi connectivity index (χ1n) is 9.62. The molecule has 5 heterocycles. The van der Waals surface area contributed by atoms with E-state index in [1.165, 1.54) is 0 Å². The van der Waals surface area contributed by atoms with Crippen LogP contribution >= 0.6 is 0 Å². The SMILES string of the molecule is CC(C)C(=O)Nc1cncc(-c2cnc3[nH]cc(-c4nc5ccncc5[nH]4)c3c2)c1. The molecule has 3 N–H and O–H groups in total. The first kappa shape index (κ1) is 18.0. The molecule has 0 aliphatic carbocycles. The summed E-state index contributed by atoms with van der Waals surface area (Å²) in [6.45, 7) is 3.71. The molecule has 0 spiro atoms. The van der Waals surface area contributed by atoms with Crippen molar-refractivity contribution in [1.29, 1.82) is 0 Å². The minimum absolute atomic E-state index is 0.0465. The van der Waals surface area contributed by atoms with Gasteiger partial charge in [-0.25, -0.2) is 9.97 Å². The van der Waals surface area contributed by atoms with Gasteiger partial charge in [-0.15, -0.1) is 0 Å². The van der Waals surface area contributed by atoms with Crippen molar-refractivity contribution >= 4 is 33.7 Å². The van der Waals surface area contributed by atoms with Gasteiger partial charge in [-0.05, 0) is 18.2 Å². The number of nitrogens with zero attached hydrogens (tertiary/aromatic N) is 4. The summed E-state index contributed by atoms with van der Waals surface area (Å²) >= 11 is 0. The van der Waals surface area contributed by atoms with E-state index in [1.807, 2.05) is 38.2 Å². The molecule has 0 saturated carbocycles. The highest BCUT2D eigenvalue weighted by Crippen LogP contribution is 2.31. The summed E-state index contributed by atoms with van der Waals surface area (Å²) in [6.07, 6.45) is 10.6. The van der Waals surface area contributed by atoms with E-state index in [0.717, 1.165) is 44.6 Å². The van der Waals surface area contributed by atoms with Crippen LogP contribution in [-0.2, 0) is 4.79 Å². The Morgan fingerprint density at radius 1 is 1.07 bits per heavy atom. The van der Waals surface area contributed by atoms with Crippen LogP contribution in [0.25, 0.3) is 44.6 Å². The number of carbonyl (C=O) groups excluding carboxylic acids is 1. The molecule has 0 saturated heterocycles. The van der Waals surface area contributed by atoms with Crippen molar-refractivity contribution in [1.82, 2.24) is 29.9 Å². The minimum atomic E-state index is -0.104. The van der Waals surface area contributed by atoms with Crippen LogP contribution in [0.2, 0.25) is 0 Å². The summed E-state index contributed by atoms with van der Waals surface area (Å²) in [7, 11) is 0. The molecule has 0 aromatic carbocycles. The molecule has 8 heteroatoms. The number of aromatic nitrogens is 6. The van der Waals surface area contributed by atoms with E-state index < -0.39 is 0 Å². The number of imidazole rings is 1. The number of anilines is 1. The molecule has 30 heavy (non-hydrogen) atoms. The van der Waals surface area contributed by atoms with E-state index in [-0.39, 0.29) is 11.8 Å². The predicted octanol–water partition coefficient (Wildman–Crippen LogP) is 4.16. The number of fused-ring (bicyclic) bond motifs is 2. The molecule has 8 nitrogen and oxygen atoms in total. The second-order valence-corrected chi connectivity index (χ2v) is 7.41. The molecule has 0 aliphatic heterocycles. The monoisotopic (exact) mass is 397 g/mol. The lowest BCUT2D eigenvalue weighted by Gasteiger charge is -2.09. The van der Waals surface area contributed by atoms with Gasteiger partial charge in [-0.3, -0.25) is 14.8 Å². The molecule has 0 fully saturated rings. The number of H-pyrrole nitrogens is 2. The topological polar surface area (TPSA) is 112 Å². The van der Waals surface area contributed by atoms with Crippen LogP contribution in [-0.4, -0.2) is 35.8 Å². The van der Waals surface area contributed by atoms with Crippen LogP contribution in [0, 0.1) is 5.92 Å². The van der Waals surface area contributed by atoms with E-state index in [9.17, 15) is 4.79 Å². The second kappa shape index (κ2) is 7.07. The summed E-state index contributed by atoms with van der Waals surface area (Å²) in [4.78, 5) is 36.1. The van der Waals surface area contributed by atoms with Gasteiger partial charge in [0.1, 0.15) is 11.5 Å². The lowest BCUT2D eigenvalue weighted by atomic mass is 10.1. The number of hydrogen-bond acceptors (Lipinski definition) is 5. The van der Waals surface area contributed by atoms with Gasteiger partial charge < -0.3 is 15.3 Å². The van der Waals surface area contributed by atoms with Crippen LogP contribution in [0.1, 0.15) is 13.8 Å². The number of carbonyl (C=O) groups is 1. The number of aromatic amines is 2. The van der Waals surface area contributed by atoms with Gasteiger partial charge in [-0.1, -0.05) is 13.8 Å². The third-order valence-electron chi connectivity index (χ3n) is 4.93. The van der Waals surface area contributed by atoms with Crippen LogP contribution in [0.4, 0.5) is 5.69 Å². The average molecular weight is 397 g/mol. The maximum Gasteiger partial charge on any atom is 0.226 e. The number of amides is 1. The van der Waals surface area contributed by atoms with Gasteiger partial charge in [0.25, 0.3) is 0 Å². The highest BCUT2D eigenvalue weighted by atomic mass is 16.1. The Hall–Kier alpha value is -4.07. The van der Waals surface area contributed by atoms with Crippen molar-refractivity contribution in [2.45, 2.75) is 13.8 Å². The first-order valence-corrected chi connectivity index (χ1v) is 9.62. The molecule has 0 aliphatic rings. The van der Waals surface area contributed by atoms with Gasteiger partial charge in [-0.2, -0.15) is 0 Å². The highest BCUT2D eigenvalue weighted by Gasteiger charge is 2.13. The van der Waals surface area contributed by atoms with Crippen molar-refractivity contribution in [2.24, 2.45) is 5.92 Å². The molecule has 148 valence electrons. The van der Waals surface area contributed by atoms with Crippen LogP contribution in [0.15, 0.2) is 55.4 Å². The van der Waals surface area contributed by atoms with Crippen LogP contribution in [0.5, 0.6) is 0 Å². The Morgan fingerprint density at radius 2 is 1.93 bits per heavy atom. The fraction of sp³-hybridized carbons (Fsp3) is 0.136. The minimum Gasteiger partial charge on any atom is -0.345 e. The Morgan fingerprint density at radius 3 is 2.77 bits per heavy atom. The summed E-state index contributed by atoms with van der Waals surface area (Å²) < 4.78 is 0. The number of pyridine rings is 3. The van der Waals surface area contributed by atoms with Gasteiger partial charge in [0.15, 0.2) is 0 Å². The van der Waals surface area contributed by atoms with Crippen LogP contribution in [0.3, 0.4) is 0 Å². The first-order chi connectivity index (χ1) is 14.6. The van der Waals surface area contributed by atoms with E-state index in [2.05, 4.69) is 35.2 Å². The van der Waals surface area contributed by atoms with Gasteiger partial charge in [0, 0.05) is 52.8 Å². The lowest BCUT2D eigenvalue weighted by Crippen LogP contribution is -2.17. The lowest BCUT2D eigenvalue weighted by molar-refractivity contribution is -0.118. The Labute approximate surface area is 171 Å². The third-order valence-corrected chi connectivity index (χ3v) is 4.93. The maximum atomic E-state index is 12.0. The van der Waals surface area contributed by atoms with Crippen molar-refractivity contribution in [3.05, 3.63) is 55.4 Å². The van der Waals surface area contributed by atoms with Gasteiger partial charge >= 0.3 is 0 Å². The zero-order valence-electron chi connectivity index (χ0n) is 16.5. The average Bonchev–Trinajstić information content (AvgIpc) is 3.37. The van der Waals surface area contributed by atoms with Crippen molar-refractivity contribution in [2.75, 3.05) is 5.32 Å². The molecule has 0 atom stereocenters. The largest absolute Gasteiger partial charge is 0.345 e. The Bertz CT molecular complexity index is 1350. The van der Waals surface area contributed by atoms with Crippen molar-refractivity contribution < 1.29 is 4.79 Å². The molecule has 5 aromatic heterocycles. The Kier molecular flexibility index (Phi) is 4.24. The van der Waals surface area contributed by atoms with E-state index >= 15 is 0 Å². The third kappa shape index (κ3) is 3.18. The predicted molar refractivity (Wildman–Crippen MR) is 116 cm³/mol. The quantitative estimate of drug-likeness (QED) is 0.422. The molecule has 5 aromatic rings. The molecular weight excluding hydrogens is 378 g/mol. The van der Waals surface area contributed by atoms with E-state index in [4.69, 9.17) is 0 Å². The molecule has 0 radical (unpaired) electrons. The molecular formula is C22H19N7O. The number of hydrogen-bond donors (Lipinski definition) is 3. The molecule has 5 rings (SSSR count). The fourth-order valence-electron chi connectivity index (χ4n) is 3.29. The molecule has 1 amide bonds. The standard InChI is InChI=1S/C22H19N7O/c1-12(2)22(30)27-15-5-13(7-24-9-15)14-6-16-17(10-26-20(16)25-8-14)21-28-18-3-4-23-11-19(18)29-21/h3-12H,1-2H3,(H,25,26)(H,27,30)(H,28,29). The summed E-state index contributed by atoms with van der Waals surface area (Å²) in [5, 5.41) is 3.83. The number of nitrogens with one attached hydrogen (secondary N) is 3. The normalized spacial score (nSPS) is 11.4. The molecule has 0 unspecified atom stereocenters. The zero-order chi connectivity index (χ0) is 20.7. The fourth-order valence-corrected chi connectivity index (χ4v) is 3.29. The maximum absolute atomic E-state index is 12.0. The van der Waals surface area contributed by atoms with Crippen LogP contribution < -0.4 is 5.32 Å². The smallest absolute Gasteiger partial charge is 0.226 e. The van der Waals surface area contributed by atoms with Crippen molar-refractivity contribution in [3.8, 4) is 22.5 Å². The summed E-state index contributed by atoms with van der Waals surface area (Å²) in [5.41, 5.74) is 5.85. The second-order valence-electron chi connectivity index (χ2n) is 7.41.